The number of hydrogen-bond acceptors (Lipinski definition) is 10. The fourth-order valence-electron chi connectivity index (χ4n) is 3.77. The van der Waals surface area contributed by atoms with Gasteiger partial charge in [0.2, 0.25) is 11.5 Å². The summed E-state index contributed by atoms with van der Waals surface area (Å²) in [6.07, 6.45) is 5.37. The third kappa shape index (κ3) is 4.00. The standard InChI is InChI=1S/C22H23N9O3/c1-30-9-6-22(33,20(30)32)19-11-18(29-34-19)16-4-2-3-15(27-16)17-5-8-24-21(28-17)26-14-12-25-31(13-14)10-7-23/h2-5,8,11-13,33H,6-7,9-10,23H2,1H3,(H,24,26,28). The smallest absolute Gasteiger partial charge is 0.262 e. The van der Waals surface area contributed by atoms with Gasteiger partial charge in [-0.15, -0.1) is 0 Å². The van der Waals surface area contributed by atoms with Gasteiger partial charge in [0.1, 0.15) is 5.69 Å². The maximum Gasteiger partial charge on any atom is 0.262 e. The lowest BCUT2D eigenvalue weighted by Gasteiger charge is -2.16. The Hall–Kier alpha value is -4.16. The maximum atomic E-state index is 12.4. The van der Waals surface area contributed by atoms with Gasteiger partial charge in [-0.25, -0.2) is 15.0 Å². The van der Waals surface area contributed by atoms with E-state index in [4.69, 9.17) is 10.3 Å². The Morgan fingerprint density at radius 2 is 2.00 bits per heavy atom. The first-order chi connectivity index (χ1) is 16.5. The molecule has 0 bridgehead atoms. The second-order valence-corrected chi connectivity index (χ2v) is 7.99. The van der Waals surface area contributed by atoms with Crippen LogP contribution in [0.4, 0.5) is 11.6 Å². The van der Waals surface area contributed by atoms with Crippen LogP contribution in [0.3, 0.4) is 0 Å². The normalized spacial score (nSPS) is 18.0. The molecular weight excluding hydrogens is 438 g/mol. The van der Waals surface area contributed by atoms with Crippen molar-refractivity contribution in [1.82, 2.24) is 34.8 Å². The largest absolute Gasteiger partial charge is 0.373 e. The Balaban J connectivity index is 1.38. The lowest BCUT2D eigenvalue weighted by atomic mass is 9.98. The average Bonchev–Trinajstić information content (AvgIpc) is 3.58. The maximum absolute atomic E-state index is 12.4. The molecule has 1 fully saturated rings. The van der Waals surface area contributed by atoms with E-state index in [1.54, 1.807) is 42.3 Å². The van der Waals surface area contributed by atoms with Crippen LogP contribution in [0, 0.1) is 0 Å². The highest BCUT2D eigenvalue weighted by atomic mass is 16.5. The molecule has 0 aliphatic carbocycles. The first-order valence-corrected chi connectivity index (χ1v) is 10.7. The van der Waals surface area contributed by atoms with Gasteiger partial charge in [0.05, 0.1) is 35.5 Å². The zero-order chi connectivity index (χ0) is 23.7. The van der Waals surface area contributed by atoms with Gasteiger partial charge in [0.25, 0.3) is 5.91 Å². The van der Waals surface area contributed by atoms with Gasteiger partial charge in [-0.3, -0.25) is 9.48 Å². The molecule has 4 aromatic heterocycles. The van der Waals surface area contributed by atoms with Gasteiger partial charge in [-0.1, -0.05) is 11.2 Å². The minimum atomic E-state index is -1.71. The molecule has 1 amide bonds. The van der Waals surface area contributed by atoms with Crippen molar-refractivity contribution >= 4 is 17.5 Å². The number of likely N-dealkylation sites (tertiary alicyclic amines) is 1. The molecule has 4 aromatic rings. The Bertz CT molecular complexity index is 1330. The molecule has 1 aliphatic rings. The zero-order valence-corrected chi connectivity index (χ0v) is 18.4. The summed E-state index contributed by atoms with van der Waals surface area (Å²) in [6, 6.07) is 8.71. The summed E-state index contributed by atoms with van der Waals surface area (Å²) in [4.78, 5) is 27.3. The number of pyridine rings is 1. The SMILES string of the molecule is CN1CCC(O)(c2cc(-c3cccc(-c4ccnc(Nc5cnn(CCN)c5)n4)n3)no2)C1=O. The molecule has 0 spiro atoms. The molecule has 12 heteroatoms. The molecule has 5 rings (SSSR count). The quantitative estimate of drug-likeness (QED) is 0.364. The number of rotatable bonds is 7. The third-order valence-corrected chi connectivity index (χ3v) is 5.60. The molecule has 4 N–H and O–H groups in total. The minimum absolute atomic E-state index is 0.104. The number of anilines is 2. The molecule has 1 aliphatic heterocycles. The van der Waals surface area contributed by atoms with E-state index in [1.807, 2.05) is 18.3 Å². The summed E-state index contributed by atoms with van der Waals surface area (Å²) in [5, 5.41) is 22.2. The summed E-state index contributed by atoms with van der Waals surface area (Å²) in [5.41, 5.74) is 6.73. The predicted octanol–water partition coefficient (Wildman–Crippen LogP) is 1.14. The van der Waals surface area contributed by atoms with Crippen LogP contribution in [0.25, 0.3) is 22.8 Å². The van der Waals surface area contributed by atoms with Crippen molar-refractivity contribution in [2.75, 3.05) is 25.5 Å². The number of carbonyl (C=O) groups is 1. The van der Waals surface area contributed by atoms with E-state index in [0.29, 0.717) is 48.4 Å². The first-order valence-electron chi connectivity index (χ1n) is 10.7. The van der Waals surface area contributed by atoms with E-state index in [-0.39, 0.29) is 12.2 Å². The number of hydrogen-bond donors (Lipinski definition) is 3. The molecule has 1 unspecified atom stereocenters. The number of nitrogens with zero attached hydrogens (tertiary/aromatic N) is 7. The summed E-state index contributed by atoms with van der Waals surface area (Å²) >= 11 is 0. The summed E-state index contributed by atoms with van der Waals surface area (Å²) in [5.74, 6) is 0.0889. The Morgan fingerprint density at radius 3 is 2.76 bits per heavy atom. The van der Waals surface area contributed by atoms with Crippen LogP contribution in [0.15, 0.2) is 53.4 Å². The molecule has 0 saturated carbocycles. The minimum Gasteiger partial charge on any atom is -0.373 e. The topological polar surface area (TPSA) is 161 Å². The summed E-state index contributed by atoms with van der Waals surface area (Å²) in [7, 11) is 1.64. The molecule has 5 heterocycles. The lowest BCUT2D eigenvalue weighted by molar-refractivity contribution is -0.144. The van der Waals surface area contributed by atoms with E-state index in [0.717, 1.165) is 5.69 Å². The van der Waals surface area contributed by atoms with Crippen molar-refractivity contribution in [3.63, 3.8) is 0 Å². The van der Waals surface area contributed by atoms with Crippen molar-refractivity contribution < 1.29 is 14.4 Å². The second-order valence-electron chi connectivity index (χ2n) is 7.99. The molecule has 12 nitrogen and oxygen atoms in total. The van der Waals surface area contributed by atoms with Gasteiger partial charge in [0.15, 0.2) is 5.76 Å². The van der Waals surface area contributed by atoms with Crippen molar-refractivity contribution in [3.8, 4) is 22.8 Å². The average molecular weight is 461 g/mol. The summed E-state index contributed by atoms with van der Waals surface area (Å²) in [6.45, 7) is 1.55. The van der Waals surface area contributed by atoms with E-state index >= 15 is 0 Å². The van der Waals surface area contributed by atoms with Gasteiger partial charge in [-0.05, 0) is 18.2 Å². The van der Waals surface area contributed by atoms with Gasteiger partial charge in [-0.2, -0.15) is 5.10 Å². The number of likely N-dealkylation sites (N-methyl/N-ethyl adjacent to an activating group) is 1. The zero-order valence-electron chi connectivity index (χ0n) is 18.4. The van der Waals surface area contributed by atoms with E-state index in [9.17, 15) is 9.90 Å². The van der Waals surface area contributed by atoms with Gasteiger partial charge < -0.3 is 25.6 Å². The molecule has 1 saturated heterocycles. The molecule has 34 heavy (non-hydrogen) atoms. The van der Waals surface area contributed by atoms with Gasteiger partial charge in [0, 0.05) is 45.0 Å². The predicted molar refractivity (Wildman–Crippen MR) is 121 cm³/mol. The van der Waals surface area contributed by atoms with Crippen molar-refractivity contribution in [2.45, 2.75) is 18.6 Å². The van der Waals surface area contributed by atoms with Crippen LogP contribution in [-0.2, 0) is 16.9 Å². The number of aliphatic hydroxyl groups is 1. The fourth-order valence-corrected chi connectivity index (χ4v) is 3.77. The Kier molecular flexibility index (Phi) is 5.51. The highest BCUT2D eigenvalue weighted by Gasteiger charge is 2.48. The van der Waals surface area contributed by atoms with Crippen LogP contribution >= 0.6 is 0 Å². The molecule has 0 radical (unpaired) electrons. The van der Waals surface area contributed by atoms with Crippen molar-refractivity contribution in [3.05, 3.63) is 54.7 Å². The van der Waals surface area contributed by atoms with E-state index in [1.165, 1.54) is 4.90 Å². The highest BCUT2D eigenvalue weighted by molar-refractivity contribution is 5.87. The number of amides is 1. The fraction of sp³-hybridized carbons (Fsp3) is 0.273. The molecule has 0 aromatic carbocycles. The first kappa shape index (κ1) is 21.7. The highest BCUT2D eigenvalue weighted by Crippen LogP contribution is 2.34. The number of nitrogens with one attached hydrogen (secondary N) is 1. The number of aromatic nitrogens is 6. The molecule has 174 valence electrons. The van der Waals surface area contributed by atoms with Crippen LogP contribution < -0.4 is 11.1 Å². The van der Waals surface area contributed by atoms with Crippen molar-refractivity contribution in [2.24, 2.45) is 5.73 Å². The monoisotopic (exact) mass is 461 g/mol. The van der Waals surface area contributed by atoms with Crippen LogP contribution in [0.5, 0.6) is 0 Å². The lowest BCUT2D eigenvalue weighted by Crippen LogP contribution is -2.35. The Morgan fingerprint density at radius 1 is 1.21 bits per heavy atom. The Labute approximate surface area is 194 Å². The third-order valence-electron chi connectivity index (χ3n) is 5.60. The van der Waals surface area contributed by atoms with Crippen LogP contribution in [-0.4, -0.2) is 65.9 Å². The van der Waals surface area contributed by atoms with E-state index in [2.05, 4.69) is 30.5 Å². The van der Waals surface area contributed by atoms with E-state index < -0.39 is 11.5 Å². The number of carbonyl (C=O) groups excluding carboxylic acids is 1. The van der Waals surface area contributed by atoms with Crippen molar-refractivity contribution in [1.29, 1.82) is 0 Å². The molecule has 1 atom stereocenters. The van der Waals surface area contributed by atoms with Crippen LogP contribution in [0.2, 0.25) is 0 Å². The number of nitrogens with two attached hydrogens (primary N) is 1. The van der Waals surface area contributed by atoms with Gasteiger partial charge >= 0.3 is 0 Å². The molecular formula is C22H23N9O3. The van der Waals surface area contributed by atoms with Crippen LogP contribution in [0.1, 0.15) is 12.2 Å². The summed E-state index contributed by atoms with van der Waals surface area (Å²) < 4.78 is 7.07. The second kappa shape index (κ2) is 8.65.